The molecule has 1 N–H and O–H groups in total. The lowest BCUT2D eigenvalue weighted by Crippen LogP contribution is -2.35. The molecule has 0 aliphatic heterocycles. The van der Waals surface area contributed by atoms with E-state index in [0.717, 1.165) is 5.56 Å². The van der Waals surface area contributed by atoms with Crippen LogP contribution in [0.25, 0.3) is 0 Å². The highest BCUT2D eigenvalue weighted by atomic mass is 35.5. The summed E-state index contributed by atoms with van der Waals surface area (Å²) in [7, 11) is 3.80. The van der Waals surface area contributed by atoms with E-state index in [1.807, 2.05) is 37.2 Å². The van der Waals surface area contributed by atoms with Crippen LogP contribution >= 0.6 is 11.6 Å². The van der Waals surface area contributed by atoms with E-state index in [1.54, 1.807) is 19.1 Å². The van der Waals surface area contributed by atoms with Crippen LogP contribution in [0.4, 0.5) is 5.69 Å². The molecule has 0 radical (unpaired) electrons. The van der Waals surface area contributed by atoms with Gasteiger partial charge in [0.15, 0.2) is 0 Å². The predicted molar refractivity (Wildman–Crippen MR) is 98.0 cm³/mol. The number of nitro groups is 1. The van der Waals surface area contributed by atoms with Gasteiger partial charge >= 0.3 is 0 Å². The number of nitrogens with zero attached hydrogens (tertiary/aromatic N) is 2. The van der Waals surface area contributed by atoms with Gasteiger partial charge in [-0.15, -0.1) is 0 Å². The molecule has 25 heavy (non-hydrogen) atoms. The summed E-state index contributed by atoms with van der Waals surface area (Å²) in [5.74, 6) is -0.347. The first kappa shape index (κ1) is 18.9. The van der Waals surface area contributed by atoms with Crippen LogP contribution in [0.15, 0.2) is 42.5 Å². The molecule has 2 aromatic carbocycles. The van der Waals surface area contributed by atoms with Crippen molar-refractivity contribution in [2.24, 2.45) is 0 Å². The zero-order chi connectivity index (χ0) is 18.6. The fraction of sp³-hybridized carbons (Fsp3) is 0.278. The third kappa shape index (κ3) is 4.35. The first-order chi connectivity index (χ1) is 11.8. The quantitative estimate of drug-likeness (QED) is 0.630. The van der Waals surface area contributed by atoms with Crippen molar-refractivity contribution in [3.05, 3.63) is 74.3 Å². The second-order valence-corrected chi connectivity index (χ2v) is 6.32. The van der Waals surface area contributed by atoms with E-state index in [1.165, 1.54) is 12.1 Å². The van der Waals surface area contributed by atoms with Crippen LogP contribution in [0.3, 0.4) is 0 Å². The second-order valence-electron chi connectivity index (χ2n) is 5.92. The second kappa shape index (κ2) is 8.09. The number of amides is 1. The van der Waals surface area contributed by atoms with Crippen molar-refractivity contribution in [2.45, 2.75) is 13.0 Å². The molecule has 0 spiro atoms. The lowest BCUT2D eigenvalue weighted by atomic mass is 10.0. The van der Waals surface area contributed by atoms with Gasteiger partial charge in [-0.1, -0.05) is 35.9 Å². The summed E-state index contributed by atoms with van der Waals surface area (Å²) in [4.78, 5) is 25.0. The van der Waals surface area contributed by atoms with E-state index in [2.05, 4.69) is 5.32 Å². The highest BCUT2D eigenvalue weighted by molar-refractivity contribution is 6.31. The molecule has 2 rings (SSSR count). The topological polar surface area (TPSA) is 75.5 Å². The van der Waals surface area contributed by atoms with Gasteiger partial charge in [0.2, 0.25) is 0 Å². The van der Waals surface area contributed by atoms with Crippen LogP contribution in [-0.2, 0) is 0 Å². The van der Waals surface area contributed by atoms with Crippen LogP contribution in [0.1, 0.15) is 27.5 Å². The number of halogens is 1. The normalized spacial score (nSPS) is 12.0. The zero-order valence-electron chi connectivity index (χ0n) is 14.3. The summed E-state index contributed by atoms with van der Waals surface area (Å²) >= 11 is 6.26. The molecule has 132 valence electrons. The molecule has 0 unspecified atom stereocenters. The molecule has 2 aromatic rings. The molecule has 0 heterocycles. The first-order valence-corrected chi connectivity index (χ1v) is 8.13. The maximum atomic E-state index is 12.5. The Morgan fingerprint density at radius 2 is 1.92 bits per heavy atom. The van der Waals surface area contributed by atoms with Gasteiger partial charge in [-0.25, -0.2) is 0 Å². The van der Waals surface area contributed by atoms with Gasteiger partial charge in [-0.3, -0.25) is 14.9 Å². The fourth-order valence-electron chi connectivity index (χ4n) is 2.67. The summed E-state index contributed by atoms with van der Waals surface area (Å²) in [5, 5.41) is 14.5. The monoisotopic (exact) mass is 361 g/mol. The molecule has 0 saturated carbocycles. The van der Waals surface area contributed by atoms with Crippen LogP contribution in [-0.4, -0.2) is 36.4 Å². The number of rotatable bonds is 6. The summed E-state index contributed by atoms with van der Waals surface area (Å²) in [6.07, 6.45) is 0. The van der Waals surface area contributed by atoms with Gasteiger partial charge in [-0.05, 0) is 38.7 Å². The Balaban J connectivity index is 2.19. The molecular formula is C18H20ClN3O3. The summed E-state index contributed by atoms with van der Waals surface area (Å²) in [6.45, 7) is 1.90. The largest absolute Gasteiger partial charge is 0.350 e. The first-order valence-electron chi connectivity index (χ1n) is 7.76. The van der Waals surface area contributed by atoms with Gasteiger partial charge in [0.1, 0.15) is 0 Å². The predicted octanol–water partition coefficient (Wildman–Crippen LogP) is 3.59. The molecule has 0 bridgehead atoms. The summed E-state index contributed by atoms with van der Waals surface area (Å²) < 4.78 is 0. The number of likely N-dealkylation sites (N-methyl/N-ethyl adjacent to an activating group) is 1. The SMILES string of the molecule is Cc1c(C(=O)NC[C@H](c2ccccc2Cl)N(C)C)cccc1[N+](=O)[O-]. The van der Waals surface area contributed by atoms with E-state index in [4.69, 9.17) is 11.6 Å². The van der Waals surface area contributed by atoms with Gasteiger partial charge in [0, 0.05) is 28.8 Å². The lowest BCUT2D eigenvalue weighted by molar-refractivity contribution is -0.385. The van der Waals surface area contributed by atoms with Crippen LogP contribution in [0.2, 0.25) is 5.02 Å². The maximum Gasteiger partial charge on any atom is 0.273 e. The Morgan fingerprint density at radius 3 is 2.52 bits per heavy atom. The molecule has 0 aromatic heterocycles. The van der Waals surface area contributed by atoms with Gasteiger partial charge in [-0.2, -0.15) is 0 Å². The molecule has 6 nitrogen and oxygen atoms in total. The number of hydrogen-bond donors (Lipinski definition) is 1. The van der Waals surface area contributed by atoms with E-state index >= 15 is 0 Å². The Bertz CT molecular complexity index is 793. The summed E-state index contributed by atoms with van der Waals surface area (Å²) in [6, 6.07) is 11.8. The highest BCUT2D eigenvalue weighted by Gasteiger charge is 2.21. The van der Waals surface area contributed by atoms with Crippen molar-refractivity contribution in [1.82, 2.24) is 10.2 Å². The van der Waals surface area contributed by atoms with Crippen molar-refractivity contribution in [3.8, 4) is 0 Å². The van der Waals surface area contributed by atoms with Crippen LogP contribution in [0.5, 0.6) is 0 Å². The molecule has 1 amide bonds. The third-order valence-corrected chi connectivity index (χ3v) is 4.43. The van der Waals surface area contributed by atoms with Crippen molar-refractivity contribution < 1.29 is 9.72 Å². The van der Waals surface area contributed by atoms with Crippen molar-refractivity contribution >= 4 is 23.2 Å². The standard InChI is InChI=1S/C18H20ClN3O3/c1-12-13(8-6-10-16(12)22(24)25)18(23)20-11-17(21(2)3)14-7-4-5-9-15(14)19/h4-10,17H,11H2,1-3H3,(H,20,23)/t17-/m1/s1. The molecule has 0 aliphatic rings. The van der Waals surface area contributed by atoms with Gasteiger partial charge in [0.05, 0.1) is 11.0 Å². The van der Waals surface area contributed by atoms with Crippen molar-refractivity contribution in [1.29, 1.82) is 0 Å². The number of carbonyl (C=O) groups is 1. The average Bonchev–Trinajstić information content (AvgIpc) is 2.56. The van der Waals surface area contributed by atoms with Crippen molar-refractivity contribution in [3.63, 3.8) is 0 Å². The minimum absolute atomic E-state index is 0.0667. The highest BCUT2D eigenvalue weighted by Crippen LogP contribution is 2.26. The lowest BCUT2D eigenvalue weighted by Gasteiger charge is -2.26. The zero-order valence-corrected chi connectivity index (χ0v) is 15.1. The summed E-state index contributed by atoms with van der Waals surface area (Å²) in [5.41, 5.74) is 1.49. The number of carbonyl (C=O) groups excluding carboxylic acids is 1. The van der Waals surface area contributed by atoms with Crippen LogP contribution in [0, 0.1) is 17.0 Å². The van der Waals surface area contributed by atoms with E-state index in [-0.39, 0.29) is 17.6 Å². The Morgan fingerprint density at radius 1 is 1.24 bits per heavy atom. The van der Waals surface area contributed by atoms with Gasteiger partial charge in [0.25, 0.3) is 11.6 Å². The molecule has 0 aliphatic carbocycles. The Labute approximate surface area is 151 Å². The number of hydrogen-bond acceptors (Lipinski definition) is 4. The molecule has 0 fully saturated rings. The van der Waals surface area contributed by atoms with Crippen LogP contribution < -0.4 is 5.32 Å². The van der Waals surface area contributed by atoms with E-state index < -0.39 is 4.92 Å². The number of nitrogens with one attached hydrogen (secondary N) is 1. The minimum Gasteiger partial charge on any atom is -0.350 e. The van der Waals surface area contributed by atoms with E-state index in [0.29, 0.717) is 22.7 Å². The molecule has 7 heteroatoms. The molecule has 0 saturated heterocycles. The number of benzene rings is 2. The number of nitro benzene ring substituents is 1. The van der Waals surface area contributed by atoms with Crippen molar-refractivity contribution in [2.75, 3.05) is 20.6 Å². The smallest absolute Gasteiger partial charge is 0.273 e. The molecule has 1 atom stereocenters. The average molecular weight is 362 g/mol. The Kier molecular flexibility index (Phi) is 6.12. The van der Waals surface area contributed by atoms with Gasteiger partial charge < -0.3 is 10.2 Å². The van der Waals surface area contributed by atoms with E-state index in [9.17, 15) is 14.9 Å². The molecular weight excluding hydrogens is 342 g/mol. The minimum atomic E-state index is -0.488. The Hall–Kier alpha value is -2.44. The maximum absolute atomic E-state index is 12.5. The third-order valence-electron chi connectivity index (χ3n) is 4.09. The fourth-order valence-corrected chi connectivity index (χ4v) is 2.93.